The predicted molar refractivity (Wildman–Crippen MR) is 82.4 cm³/mol. The molecule has 0 atom stereocenters. The molecule has 0 unspecified atom stereocenters. The minimum absolute atomic E-state index is 0.0779. The summed E-state index contributed by atoms with van der Waals surface area (Å²) in [4.78, 5) is 11.9. The maximum Gasteiger partial charge on any atom is 0.186 e. The molecule has 2 aromatic carbocycles. The number of ether oxygens (including phenoxy) is 1. The first kappa shape index (κ1) is 13.2. The van der Waals surface area contributed by atoms with E-state index in [0.717, 1.165) is 16.9 Å². The van der Waals surface area contributed by atoms with Crippen LogP contribution in [0.5, 0.6) is 5.75 Å². The topological polar surface area (TPSA) is 39.4 Å². The Bertz CT molecular complexity index is 787. The van der Waals surface area contributed by atoms with Gasteiger partial charge in [0.05, 0.1) is 7.11 Å². The molecule has 0 aliphatic heterocycles. The highest BCUT2D eigenvalue weighted by Crippen LogP contribution is 2.26. The Morgan fingerprint density at radius 3 is 1.95 bits per heavy atom. The second kappa shape index (κ2) is 5.67. The summed E-state index contributed by atoms with van der Waals surface area (Å²) >= 11 is 0. The van der Waals surface area contributed by atoms with E-state index in [1.54, 1.807) is 7.11 Å². The van der Waals surface area contributed by atoms with Crippen molar-refractivity contribution >= 4 is 0 Å². The molecule has 0 amide bonds. The lowest BCUT2D eigenvalue weighted by molar-refractivity contribution is 0.415. The van der Waals surface area contributed by atoms with Gasteiger partial charge in [-0.15, -0.1) is 0 Å². The molecule has 0 saturated carbocycles. The molecule has 0 aliphatic rings. The molecule has 104 valence electrons. The van der Waals surface area contributed by atoms with Crippen LogP contribution in [0.2, 0.25) is 0 Å². The molecule has 0 aliphatic carbocycles. The molecule has 3 aromatic rings. The van der Waals surface area contributed by atoms with E-state index in [0.29, 0.717) is 11.5 Å². The third-order valence-electron chi connectivity index (χ3n) is 3.20. The minimum atomic E-state index is -0.0779. The van der Waals surface area contributed by atoms with Gasteiger partial charge in [-0.1, -0.05) is 30.3 Å². The lowest BCUT2D eigenvalue weighted by Gasteiger charge is -2.06. The van der Waals surface area contributed by atoms with Gasteiger partial charge in [-0.2, -0.15) is 0 Å². The minimum Gasteiger partial charge on any atom is -0.497 e. The van der Waals surface area contributed by atoms with Crippen LogP contribution in [0, 0.1) is 0 Å². The van der Waals surface area contributed by atoms with Crippen LogP contribution in [0.15, 0.2) is 75.9 Å². The summed E-state index contributed by atoms with van der Waals surface area (Å²) in [7, 11) is 1.62. The lowest BCUT2D eigenvalue weighted by Crippen LogP contribution is -1.98. The summed E-state index contributed by atoms with van der Waals surface area (Å²) in [5.74, 6) is 1.87. The van der Waals surface area contributed by atoms with Crippen molar-refractivity contribution in [2.75, 3.05) is 7.11 Å². The summed E-state index contributed by atoms with van der Waals surface area (Å²) in [5, 5.41) is 0. The van der Waals surface area contributed by atoms with Crippen LogP contribution in [-0.4, -0.2) is 7.11 Å². The maximum absolute atomic E-state index is 11.9. The van der Waals surface area contributed by atoms with E-state index >= 15 is 0 Å². The molecular formula is C18H14O3. The normalized spacial score (nSPS) is 10.3. The fourth-order valence-electron chi connectivity index (χ4n) is 2.12. The lowest BCUT2D eigenvalue weighted by atomic mass is 10.1. The smallest absolute Gasteiger partial charge is 0.186 e. The van der Waals surface area contributed by atoms with Gasteiger partial charge < -0.3 is 9.15 Å². The zero-order chi connectivity index (χ0) is 14.7. The van der Waals surface area contributed by atoms with Crippen LogP contribution in [0.25, 0.3) is 22.6 Å². The van der Waals surface area contributed by atoms with Crippen molar-refractivity contribution in [2.24, 2.45) is 0 Å². The van der Waals surface area contributed by atoms with Crippen molar-refractivity contribution in [3.8, 4) is 28.4 Å². The average Bonchev–Trinajstić information content (AvgIpc) is 2.55. The van der Waals surface area contributed by atoms with E-state index in [2.05, 4.69) is 0 Å². The molecular weight excluding hydrogens is 264 g/mol. The van der Waals surface area contributed by atoms with Gasteiger partial charge in [-0.25, -0.2) is 0 Å². The second-order valence-electron chi connectivity index (χ2n) is 4.62. The zero-order valence-electron chi connectivity index (χ0n) is 11.6. The van der Waals surface area contributed by atoms with E-state index in [1.165, 1.54) is 12.1 Å². The third-order valence-corrected chi connectivity index (χ3v) is 3.20. The van der Waals surface area contributed by atoms with Crippen molar-refractivity contribution in [1.29, 1.82) is 0 Å². The first-order valence-electron chi connectivity index (χ1n) is 6.61. The van der Waals surface area contributed by atoms with E-state index in [4.69, 9.17) is 9.15 Å². The highest BCUT2D eigenvalue weighted by molar-refractivity contribution is 5.63. The first-order valence-corrected chi connectivity index (χ1v) is 6.61. The molecule has 21 heavy (non-hydrogen) atoms. The Balaban J connectivity index is 2.07. The number of hydrogen-bond donors (Lipinski definition) is 0. The Hall–Kier alpha value is -2.81. The Kier molecular flexibility index (Phi) is 3.56. The predicted octanol–water partition coefficient (Wildman–Crippen LogP) is 3.98. The Morgan fingerprint density at radius 1 is 0.810 bits per heavy atom. The van der Waals surface area contributed by atoms with Gasteiger partial charge in [0.25, 0.3) is 0 Å². The summed E-state index contributed by atoms with van der Waals surface area (Å²) in [6, 6.07) is 20.0. The van der Waals surface area contributed by atoms with E-state index in [1.807, 2.05) is 54.6 Å². The number of rotatable bonds is 3. The van der Waals surface area contributed by atoms with Gasteiger partial charge >= 0.3 is 0 Å². The third kappa shape index (κ3) is 2.87. The molecule has 0 bridgehead atoms. The van der Waals surface area contributed by atoms with Crippen LogP contribution in [-0.2, 0) is 0 Å². The quantitative estimate of drug-likeness (QED) is 0.727. The van der Waals surface area contributed by atoms with Crippen LogP contribution in [0.3, 0.4) is 0 Å². The average molecular weight is 278 g/mol. The van der Waals surface area contributed by atoms with Crippen LogP contribution < -0.4 is 10.2 Å². The zero-order valence-corrected chi connectivity index (χ0v) is 11.6. The summed E-state index contributed by atoms with van der Waals surface area (Å²) in [6.45, 7) is 0. The fourth-order valence-corrected chi connectivity index (χ4v) is 2.12. The van der Waals surface area contributed by atoms with E-state index in [-0.39, 0.29) is 5.43 Å². The van der Waals surface area contributed by atoms with Crippen LogP contribution in [0.4, 0.5) is 0 Å². The van der Waals surface area contributed by atoms with Crippen LogP contribution >= 0.6 is 0 Å². The van der Waals surface area contributed by atoms with Gasteiger partial charge in [0.15, 0.2) is 5.43 Å². The van der Waals surface area contributed by atoms with Gasteiger partial charge in [0, 0.05) is 23.3 Å². The van der Waals surface area contributed by atoms with Gasteiger partial charge in [0.2, 0.25) is 0 Å². The molecule has 3 nitrogen and oxygen atoms in total. The van der Waals surface area contributed by atoms with Crippen molar-refractivity contribution in [2.45, 2.75) is 0 Å². The molecule has 3 rings (SSSR count). The highest BCUT2D eigenvalue weighted by atomic mass is 16.5. The van der Waals surface area contributed by atoms with E-state index < -0.39 is 0 Å². The fraction of sp³-hybridized carbons (Fsp3) is 0.0556. The SMILES string of the molecule is COc1ccc(-c2cc(=O)cc(-c3ccccc3)o2)cc1. The monoisotopic (exact) mass is 278 g/mol. The maximum atomic E-state index is 11.9. The van der Waals surface area contributed by atoms with Gasteiger partial charge in [0.1, 0.15) is 17.3 Å². The van der Waals surface area contributed by atoms with Crippen molar-refractivity contribution in [3.63, 3.8) is 0 Å². The molecule has 0 N–H and O–H groups in total. The molecule has 0 fully saturated rings. The summed E-state index contributed by atoms with van der Waals surface area (Å²) in [6.07, 6.45) is 0. The standard InChI is InChI=1S/C18H14O3/c1-20-16-9-7-14(8-10-16)18-12-15(19)11-17(21-18)13-5-3-2-4-6-13/h2-12H,1H3. The van der Waals surface area contributed by atoms with Crippen LogP contribution in [0.1, 0.15) is 0 Å². The number of hydrogen-bond acceptors (Lipinski definition) is 3. The first-order chi connectivity index (χ1) is 10.3. The van der Waals surface area contributed by atoms with Gasteiger partial charge in [-0.05, 0) is 24.3 Å². The van der Waals surface area contributed by atoms with Crippen molar-refractivity contribution in [3.05, 3.63) is 77.0 Å². The second-order valence-corrected chi connectivity index (χ2v) is 4.62. The molecule has 1 heterocycles. The van der Waals surface area contributed by atoms with Crippen molar-refractivity contribution < 1.29 is 9.15 Å². The molecule has 0 radical (unpaired) electrons. The largest absolute Gasteiger partial charge is 0.497 e. The number of benzene rings is 2. The Labute approximate surface area is 122 Å². The number of methoxy groups -OCH3 is 1. The Morgan fingerprint density at radius 2 is 1.38 bits per heavy atom. The highest BCUT2D eigenvalue weighted by Gasteiger charge is 2.07. The van der Waals surface area contributed by atoms with Crippen molar-refractivity contribution in [1.82, 2.24) is 0 Å². The van der Waals surface area contributed by atoms with Gasteiger partial charge in [-0.3, -0.25) is 4.79 Å². The molecule has 3 heteroatoms. The summed E-state index contributed by atoms with van der Waals surface area (Å²) in [5.41, 5.74) is 1.64. The molecule has 0 saturated heterocycles. The molecule has 0 spiro atoms. The molecule has 1 aromatic heterocycles. The van der Waals surface area contributed by atoms with E-state index in [9.17, 15) is 4.79 Å². The summed E-state index contributed by atoms with van der Waals surface area (Å²) < 4.78 is 11.0.